The van der Waals surface area contributed by atoms with Gasteiger partial charge in [0.2, 0.25) is 0 Å². The number of aromatic nitrogens is 3. The first-order chi connectivity index (χ1) is 21.4. The van der Waals surface area contributed by atoms with Gasteiger partial charge in [0.25, 0.3) is 11.8 Å². The van der Waals surface area contributed by atoms with E-state index in [2.05, 4.69) is 31.4 Å². The summed E-state index contributed by atoms with van der Waals surface area (Å²) in [7, 11) is 0. The van der Waals surface area contributed by atoms with E-state index in [9.17, 15) is 14.0 Å². The SMILES string of the molecule is O=C(NCc1nnc(SCC(=O)N2N=C(c3ccc(Br)cc3)C[C@H]2c2ccc(F)cc2)n1-c1cccc(Cl)c1)c1ccco1. The number of benzene rings is 3. The second-order valence-corrected chi connectivity index (χ2v) is 12.0. The molecule has 6 rings (SSSR count). The summed E-state index contributed by atoms with van der Waals surface area (Å²) in [6.07, 6.45) is 1.89. The maximum Gasteiger partial charge on any atom is 0.287 e. The van der Waals surface area contributed by atoms with E-state index in [-0.39, 0.29) is 29.8 Å². The average Bonchev–Trinajstić information content (AvgIpc) is 3.80. The Morgan fingerprint density at radius 3 is 2.57 bits per heavy atom. The van der Waals surface area contributed by atoms with Gasteiger partial charge in [-0.15, -0.1) is 10.2 Å². The molecule has 3 aromatic carbocycles. The van der Waals surface area contributed by atoms with Crippen molar-refractivity contribution in [1.82, 2.24) is 25.1 Å². The molecule has 0 aliphatic carbocycles. The summed E-state index contributed by atoms with van der Waals surface area (Å²) in [6.45, 7) is 0.0488. The zero-order valence-corrected chi connectivity index (χ0v) is 26.0. The molecule has 0 saturated carbocycles. The summed E-state index contributed by atoms with van der Waals surface area (Å²) >= 11 is 10.9. The number of rotatable bonds is 9. The smallest absolute Gasteiger partial charge is 0.287 e. The quantitative estimate of drug-likeness (QED) is 0.170. The van der Waals surface area contributed by atoms with Gasteiger partial charge in [-0.1, -0.05) is 69.6 Å². The minimum atomic E-state index is -0.402. The number of halogens is 3. The normalized spacial score (nSPS) is 14.5. The van der Waals surface area contributed by atoms with E-state index in [0.717, 1.165) is 21.3 Å². The van der Waals surface area contributed by atoms with E-state index in [1.54, 1.807) is 47.0 Å². The Hall–Kier alpha value is -4.26. The fourth-order valence-electron chi connectivity index (χ4n) is 4.73. The van der Waals surface area contributed by atoms with Crippen LogP contribution in [0.25, 0.3) is 5.69 Å². The Morgan fingerprint density at radius 1 is 1.05 bits per heavy atom. The van der Waals surface area contributed by atoms with Gasteiger partial charge in [0.1, 0.15) is 5.82 Å². The zero-order chi connectivity index (χ0) is 30.6. The molecule has 0 unspecified atom stereocenters. The van der Waals surface area contributed by atoms with Gasteiger partial charge in [-0.3, -0.25) is 14.2 Å². The standard InChI is InChI=1S/C31H23BrClFN6O3S/c32-21-10-6-19(7-11-21)25-16-26(20-8-12-23(34)13-9-20)40(38-25)29(41)18-44-31-37-36-28(17-35-30(42)27-5-2-14-43-27)39(31)24-4-1-3-22(33)15-24/h1-15,26H,16-18H2,(H,35,42)/t26-/m0/s1. The first kappa shape index (κ1) is 29.8. The van der Waals surface area contributed by atoms with Gasteiger partial charge in [-0.05, 0) is 65.7 Å². The van der Waals surface area contributed by atoms with Gasteiger partial charge in [-0.25, -0.2) is 9.40 Å². The van der Waals surface area contributed by atoms with Crippen LogP contribution >= 0.6 is 39.3 Å². The summed E-state index contributed by atoms with van der Waals surface area (Å²) in [6, 6.07) is 23.7. The second-order valence-electron chi connectivity index (χ2n) is 9.73. The van der Waals surface area contributed by atoms with Crippen molar-refractivity contribution < 1.29 is 18.4 Å². The van der Waals surface area contributed by atoms with Crippen molar-refractivity contribution in [1.29, 1.82) is 0 Å². The Bertz CT molecular complexity index is 1830. The Morgan fingerprint density at radius 2 is 1.84 bits per heavy atom. The van der Waals surface area contributed by atoms with Gasteiger partial charge in [-0.2, -0.15) is 5.10 Å². The maximum atomic E-state index is 13.7. The van der Waals surface area contributed by atoms with Crippen molar-refractivity contribution in [2.45, 2.75) is 24.2 Å². The molecule has 1 N–H and O–H groups in total. The summed E-state index contributed by atoms with van der Waals surface area (Å²) in [5.41, 5.74) is 3.09. The monoisotopic (exact) mass is 692 g/mol. The van der Waals surface area contributed by atoms with Crippen LogP contribution in [-0.4, -0.2) is 43.1 Å². The molecule has 0 fully saturated rings. The van der Waals surface area contributed by atoms with Crippen LogP contribution in [0.2, 0.25) is 5.02 Å². The first-order valence-corrected chi connectivity index (χ1v) is 15.6. The van der Waals surface area contributed by atoms with Crippen molar-refractivity contribution in [3.8, 4) is 5.69 Å². The van der Waals surface area contributed by atoms with Crippen LogP contribution in [0, 0.1) is 5.82 Å². The second kappa shape index (κ2) is 13.2. The molecule has 0 spiro atoms. The molecular formula is C31H23BrClFN6O3S. The highest BCUT2D eigenvalue weighted by Crippen LogP contribution is 2.34. The molecule has 9 nitrogen and oxygen atoms in total. The molecule has 13 heteroatoms. The largest absolute Gasteiger partial charge is 0.459 e. The molecule has 0 saturated heterocycles. The highest BCUT2D eigenvalue weighted by atomic mass is 79.9. The number of hydrogen-bond acceptors (Lipinski definition) is 7. The van der Waals surface area contributed by atoms with Crippen LogP contribution < -0.4 is 5.32 Å². The number of furan rings is 1. The highest BCUT2D eigenvalue weighted by molar-refractivity contribution is 9.10. The number of nitrogens with zero attached hydrogens (tertiary/aromatic N) is 5. The van der Waals surface area contributed by atoms with Crippen LogP contribution in [0.1, 0.15) is 40.0 Å². The third-order valence-electron chi connectivity index (χ3n) is 6.84. The Balaban J connectivity index is 1.25. The number of carbonyl (C=O) groups excluding carboxylic acids is 2. The molecule has 2 amide bonds. The molecular weight excluding hydrogens is 671 g/mol. The number of thioether (sulfide) groups is 1. The van der Waals surface area contributed by atoms with E-state index < -0.39 is 11.9 Å². The number of hydrogen-bond donors (Lipinski definition) is 1. The van der Waals surface area contributed by atoms with Crippen molar-refractivity contribution >= 4 is 56.8 Å². The summed E-state index contributed by atoms with van der Waals surface area (Å²) in [4.78, 5) is 26.2. The van der Waals surface area contributed by atoms with Gasteiger partial charge < -0.3 is 9.73 Å². The molecule has 1 atom stereocenters. The topological polar surface area (TPSA) is 106 Å². The predicted octanol–water partition coefficient (Wildman–Crippen LogP) is 6.82. The lowest BCUT2D eigenvalue weighted by atomic mass is 9.98. The van der Waals surface area contributed by atoms with E-state index in [4.69, 9.17) is 21.1 Å². The van der Waals surface area contributed by atoms with E-state index in [1.807, 2.05) is 30.3 Å². The van der Waals surface area contributed by atoms with Crippen LogP contribution in [0.15, 0.2) is 110 Å². The lowest BCUT2D eigenvalue weighted by Gasteiger charge is -2.22. The Labute approximate surface area is 269 Å². The van der Waals surface area contributed by atoms with Crippen molar-refractivity contribution in [3.05, 3.63) is 129 Å². The molecule has 5 aromatic rings. The number of amides is 2. The summed E-state index contributed by atoms with van der Waals surface area (Å²) in [5.74, 6) is -0.422. The van der Waals surface area contributed by atoms with Crippen molar-refractivity contribution in [3.63, 3.8) is 0 Å². The lowest BCUT2D eigenvalue weighted by Crippen LogP contribution is -2.28. The lowest BCUT2D eigenvalue weighted by molar-refractivity contribution is -0.130. The number of nitrogens with one attached hydrogen (secondary N) is 1. The van der Waals surface area contributed by atoms with Gasteiger partial charge in [0.15, 0.2) is 16.7 Å². The molecule has 1 aliphatic heterocycles. The average molecular weight is 694 g/mol. The molecule has 1 aliphatic rings. The molecule has 44 heavy (non-hydrogen) atoms. The predicted molar refractivity (Wildman–Crippen MR) is 168 cm³/mol. The summed E-state index contributed by atoms with van der Waals surface area (Å²) < 4.78 is 21.6. The van der Waals surface area contributed by atoms with Crippen LogP contribution in [0.4, 0.5) is 4.39 Å². The third-order valence-corrected chi connectivity index (χ3v) is 8.52. The van der Waals surface area contributed by atoms with E-state index >= 15 is 0 Å². The Kier molecular flexibility index (Phi) is 8.91. The molecule has 222 valence electrons. The van der Waals surface area contributed by atoms with E-state index in [1.165, 1.54) is 35.2 Å². The molecule has 2 aromatic heterocycles. The first-order valence-electron chi connectivity index (χ1n) is 13.4. The number of hydrazone groups is 1. The van der Waals surface area contributed by atoms with E-state index in [0.29, 0.717) is 28.1 Å². The third kappa shape index (κ3) is 6.62. The molecule has 0 bridgehead atoms. The highest BCUT2D eigenvalue weighted by Gasteiger charge is 2.33. The minimum Gasteiger partial charge on any atom is -0.459 e. The zero-order valence-electron chi connectivity index (χ0n) is 22.9. The van der Waals surface area contributed by atoms with Crippen LogP contribution in [0.5, 0.6) is 0 Å². The van der Waals surface area contributed by atoms with Crippen molar-refractivity contribution in [2.24, 2.45) is 5.10 Å². The number of carbonyl (C=O) groups is 2. The van der Waals surface area contributed by atoms with Gasteiger partial charge in [0.05, 0.1) is 36.0 Å². The van der Waals surface area contributed by atoms with Gasteiger partial charge in [0, 0.05) is 15.9 Å². The van der Waals surface area contributed by atoms with Crippen LogP contribution in [-0.2, 0) is 11.3 Å². The fraction of sp³-hybridized carbons (Fsp3) is 0.129. The summed E-state index contributed by atoms with van der Waals surface area (Å²) in [5, 5.41) is 18.5. The molecule has 3 heterocycles. The minimum absolute atomic E-state index is 0.00767. The fourth-order valence-corrected chi connectivity index (χ4v) is 6.00. The molecule has 0 radical (unpaired) electrons. The van der Waals surface area contributed by atoms with Crippen molar-refractivity contribution in [2.75, 3.05) is 5.75 Å². The van der Waals surface area contributed by atoms with Gasteiger partial charge >= 0.3 is 0 Å². The van der Waals surface area contributed by atoms with Crippen LogP contribution in [0.3, 0.4) is 0 Å². The maximum absolute atomic E-state index is 13.7.